The number of halogens is 1. The van der Waals surface area contributed by atoms with Gasteiger partial charge in [-0.1, -0.05) is 23.7 Å². The van der Waals surface area contributed by atoms with Gasteiger partial charge < -0.3 is 15.0 Å². The highest BCUT2D eigenvalue weighted by molar-refractivity contribution is 7.80. The Morgan fingerprint density at radius 2 is 1.96 bits per heavy atom. The molecule has 28 heavy (non-hydrogen) atoms. The number of amides is 1. The molecule has 148 valence electrons. The lowest BCUT2D eigenvalue weighted by Crippen LogP contribution is -2.37. The number of aryl methyl sites for hydroxylation is 1. The molecule has 0 spiro atoms. The Kier molecular flexibility index (Phi) is 7.12. The molecule has 7 heteroatoms. The molecule has 1 aliphatic heterocycles. The molecule has 5 nitrogen and oxygen atoms in total. The van der Waals surface area contributed by atoms with E-state index < -0.39 is 0 Å². The number of carbonyl (C=O) groups is 1. The van der Waals surface area contributed by atoms with Gasteiger partial charge in [0.1, 0.15) is 5.75 Å². The number of nitrogens with zero attached hydrogens (tertiary/aromatic N) is 1. The number of rotatable bonds is 5. The van der Waals surface area contributed by atoms with Crippen LogP contribution in [0.5, 0.6) is 5.75 Å². The second kappa shape index (κ2) is 9.75. The van der Waals surface area contributed by atoms with Crippen LogP contribution in [0.4, 0.5) is 11.4 Å². The van der Waals surface area contributed by atoms with E-state index in [0.717, 1.165) is 30.0 Å². The van der Waals surface area contributed by atoms with Gasteiger partial charge >= 0.3 is 0 Å². The van der Waals surface area contributed by atoms with Crippen LogP contribution in [0.2, 0.25) is 5.02 Å². The average Bonchev–Trinajstić information content (AvgIpc) is 2.67. The first-order valence-electron chi connectivity index (χ1n) is 9.36. The smallest absolute Gasteiger partial charge is 0.264 e. The first-order chi connectivity index (χ1) is 13.5. The van der Waals surface area contributed by atoms with Crippen LogP contribution in [-0.4, -0.2) is 30.7 Å². The second-order valence-electron chi connectivity index (χ2n) is 6.82. The molecule has 1 amide bonds. The van der Waals surface area contributed by atoms with Gasteiger partial charge in [0.25, 0.3) is 5.91 Å². The van der Waals surface area contributed by atoms with Crippen LogP contribution in [-0.2, 0) is 4.79 Å². The highest BCUT2D eigenvalue weighted by atomic mass is 35.5. The quantitative estimate of drug-likeness (QED) is 0.700. The van der Waals surface area contributed by atoms with Crippen LogP contribution in [0.3, 0.4) is 0 Å². The summed E-state index contributed by atoms with van der Waals surface area (Å²) in [5.41, 5.74) is 2.84. The van der Waals surface area contributed by atoms with Crippen molar-refractivity contribution >= 4 is 46.2 Å². The van der Waals surface area contributed by atoms with Gasteiger partial charge in [-0.3, -0.25) is 10.1 Å². The number of benzene rings is 2. The summed E-state index contributed by atoms with van der Waals surface area (Å²) in [4.78, 5) is 14.3. The van der Waals surface area contributed by atoms with Crippen LogP contribution >= 0.6 is 23.8 Å². The third-order valence-corrected chi connectivity index (χ3v) is 5.02. The molecule has 0 saturated carbocycles. The first kappa shape index (κ1) is 20.4. The Labute approximate surface area is 176 Å². The molecule has 0 unspecified atom stereocenters. The summed E-state index contributed by atoms with van der Waals surface area (Å²) in [5, 5.41) is 6.48. The SMILES string of the molecule is Cc1cccc(OCC(=O)NC(=S)Nc2ccc(N3CCCCC3)c(Cl)c2)c1. The number of hydrogen-bond donors (Lipinski definition) is 2. The van der Waals surface area contributed by atoms with Crippen LogP contribution in [0.15, 0.2) is 42.5 Å². The highest BCUT2D eigenvalue weighted by Crippen LogP contribution is 2.30. The second-order valence-corrected chi connectivity index (χ2v) is 7.64. The molecule has 0 atom stereocenters. The number of anilines is 2. The lowest BCUT2D eigenvalue weighted by Gasteiger charge is -2.29. The molecule has 1 aliphatic rings. The normalized spacial score (nSPS) is 13.7. The van der Waals surface area contributed by atoms with Gasteiger partial charge in [-0.2, -0.15) is 0 Å². The molecular weight excluding hydrogens is 394 g/mol. The van der Waals surface area contributed by atoms with Crippen LogP contribution in [0.25, 0.3) is 0 Å². The van der Waals surface area contributed by atoms with E-state index in [1.807, 2.05) is 49.4 Å². The summed E-state index contributed by atoms with van der Waals surface area (Å²) in [7, 11) is 0. The van der Waals surface area contributed by atoms with Crippen LogP contribution < -0.4 is 20.3 Å². The van der Waals surface area contributed by atoms with Crippen molar-refractivity contribution in [2.45, 2.75) is 26.2 Å². The predicted octanol–water partition coefficient (Wildman–Crippen LogP) is 4.53. The number of nitrogens with one attached hydrogen (secondary N) is 2. The lowest BCUT2D eigenvalue weighted by atomic mass is 10.1. The third-order valence-electron chi connectivity index (χ3n) is 4.51. The molecule has 1 fully saturated rings. The maximum Gasteiger partial charge on any atom is 0.264 e. The molecule has 3 rings (SSSR count). The van der Waals surface area contributed by atoms with Gasteiger partial charge in [-0.15, -0.1) is 0 Å². The van der Waals surface area contributed by atoms with E-state index in [2.05, 4.69) is 15.5 Å². The number of hydrogen-bond acceptors (Lipinski definition) is 4. The van der Waals surface area contributed by atoms with Crippen LogP contribution in [0.1, 0.15) is 24.8 Å². The van der Waals surface area contributed by atoms with Crippen molar-refractivity contribution in [2.24, 2.45) is 0 Å². The van der Waals surface area contributed by atoms with Gasteiger partial charge in [0.2, 0.25) is 0 Å². The van der Waals surface area contributed by atoms with Crippen molar-refractivity contribution in [3.63, 3.8) is 0 Å². The summed E-state index contributed by atoms with van der Waals surface area (Å²) >= 11 is 11.7. The maximum absolute atomic E-state index is 12.0. The molecule has 2 aromatic carbocycles. The Hall–Kier alpha value is -2.31. The lowest BCUT2D eigenvalue weighted by molar-refractivity contribution is -0.121. The first-order valence-corrected chi connectivity index (χ1v) is 10.1. The van der Waals surface area contributed by atoms with Gasteiger partial charge in [0, 0.05) is 18.8 Å². The van der Waals surface area contributed by atoms with E-state index in [0.29, 0.717) is 10.8 Å². The number of thiocarbonyl (C=S) groups is 1. The minimum atomic E-state index is -0.324. The molecule has 0 radical (unpaired) electrons. The molecule has 0 bridgehead atoms. The van der Waals surface area contributed by atoms with Gasteiger partial charge in [0.05, 0.1) is 10.7 Å². The van der Waals surface area contributed by atoms with Gasteiger partial charge in [0.15, 0.2) is 11.7 Å². The molecule has 0 aliphatic carbocycles. The molecular formula is C21H24ClN3O2S. The van der Waals surface area contributed by atoms with Crippen LogP contribution in [0, 0.1) is 6.92 Å². The zero-order valence-electron chi connectivity index (χ0n) is 15.8. The zero-order valence-corrected chi connectivity index (χ0v) is 17.4. The number of ether oxygens (including phenoxy) is 1. The maximum atomic E-state index is 12.0. The van der Waals surface area contributed by atoms with E-state index in [1.54, 1.807) is 0 Å². The standard InChI is InChI=1S/C21H24ClN3O2S/c1-15-6-5-7-17(12-15)27-14-20(26)24-21(28)23-16-8-9-19(18(22)13-16)25-10-3-2-4-11-25/h5-9,12-13H,2-4,10-11,14H2,1H3,(H2,23,24,26,28). The van der Waals surface area contributed by atoms with Crippen molar-refractivity contribution in [1.82, 2.24) is 5.32 Å². The van der Waals surface area contributed by atoms with E-state index in [9.17, 15) is 4.79 Å². The molecule has 2 N–H and O–H groups in total. The van der Waals surface area contributed by atoms with Crippen molar-refractivity contribution in [3.05, 3.63) is 53.1 Å². The summed E-state index contributed by atoms with van der Waals surface area (Å²) in [6.45, 7) is 3.91. The Morgan fingerprint density at radius 1 is 1.18 bits per heavy atom. The summed E-state index contributed by atoms with van der Waals surface area (Å²) in [6.07, 6.45) is 3.66. The summed E-state index contributed by atoms with van der Waals surface area (Å²) in [5.74, 6) is 0.323. The largest absolute Gasteiger partial charge is 0.484 e. The topological polar surface area (TPSA) is 53.6 Å². The van der Waals surface area contributed by atoms with E-state index in [4.69, 9.17) is 28.6 Å². The minimum absolute atomic E-state index is 0.111. The number of carbonyl (C=O) groups excluding carboxylic acids is 1. The minimum Gasteiger partial charge on any atom is -0.484 e. The predicted molar refractivity (Wildman–Crippen MR) is 119 cm³/mol. The van der Waals surface area contributed by atoms with E-state index >= 15 is 0 Å². The fourth-order valence-electron chi connectivity index (χ4n) is 3.15. The molecule has 1 saturated heterocycles. The van der Waals surface area contributed by atoms with Crippen molar-refractivity contribution in [3.8, 4) is 5.75 Å². The van der Waals surface area contributed by atoms with Crippen molar-refractivity contribution in [2.75, 3.05) is 29.9 Å². The van der Waals surface area contributed by atoms with E-state index in [1.165, 1.54) is 19.3 Å². The molecule has 1 heterocycles. The average molecular weight is 418 g/mol. The Bertz CT molecular complexity index is 853. The highest BCUT2D eigenvalue weighted by Gasteiger charge is 2.14. The Balaban J connectivity index is 1.50. The summed E-state index contributed by atoms with van der Waals surface area (Å²) < 4.78 is 5.48. The van der Waals surface area contributed by atoms with Crippen molar-refractivity contribution in [1.29, 1.82) is 0 Å². The Morgan fingerprint density at radius 3 is 2.68 bits per heavy atom. The fraction of sp³-hybridized carbons (Fsp3) is 0.333. The zero-order chi connectivity index (χ0) is 19.9. The monoisotopic (exact) mass is 417 g/mol. The van der Waals surface area contributed by atoms with Gasteiger partial charge in [-0.05, 0) is 74.3 Å². The third kappa shape index (κ3) is 5.84. The summed E-state index contributed by atoms with van der Waals surface area (Å²) in [6, 6.07) is 13.3. The fourth-order valence-corrected chi connectivity index (χ4v) is 3.69. The van der Waals surface area contributed by atoms with E-state index in [-0.39, 0.29) is 17.6 Å². The molecule has 0 aromatic heterocycles. The molecule has 2 aromatic rings. The number of piperidine rings is 1. The van der Waals surface area contributed by atoms with Gasteiger partial charge in [-0.25, -0.2) is 0 Å². The van der Waals surface area contributed by atoms with Crippen molar-refractivity contribution < 1.29 is 9.53 Å².